The summed E-state index contributed by atoms with van der Waals surface area (Å²) in [6.07, 6.45) is 8.47. The summed E-state index contributed by atoms with van der Waals surface area (Å²) in [5, 5.41) is 13.0. The van der Waals surface area contributed by atoms with Crippen molar-refractivity contribution in [1.82, 2.24) is 19.6 Å². The number of hydrogen-bond donors (Lipinski definition) is 2. The third-order valence-electron chi connectivity index (χ3n) is 10.2. The predicted molar refractivity (Wildman–Crippen MR) is 180 cm³/mol. The van der Waals surface area contributed by atoms with Crippen LogP contribution in [0.1, 0.15) is 62.5 Å². The maximum absolute atomic E-state index is 13.9. The van der Waals surface area contributed by atoms with Crippen molar-refractivity contribution in [1.29, 1.82) is 0 Å². The van der Waals surface area contributed by atoms with Crippen molar-refractivity contribution in [3.8, 4) is 5.75 Å². The van der Waals surface area contributed by atoms with Gasteiger partial charge >= 0.3 is 12.1 Å². The molecule has 0 bridgehead atoms. The van der Waals surface area contributed by atoms with Gasteiger partial charge in [0.1, 0.15) is 5.75 Å². The van der Waals surface area contributed by atoms with Gasteiger partial charge in [-0.1, -0.05) is 49.9 Å². The van der Waals surface area contributed by atoms with E-state index in [1.54, 1.807) is 23.1 Å². The molecule has 2 aromatic carbocycles. The summed E-state index contributed by atoms with van der Waals surface area (Å²) in [6.45, 7) is 4.45. The van der Waals surface area contributed by atoms with E-state index in [0.717, 1.165) is 36.3 Å². The van der Waals surface area contributed by atoms with E-state index >= 15 is 0 Å². The number of carbonyl (C=O) groups is 3. The Morgan fingerprint density at radius 3 is 2.30 bits per heavy atom. The molecule has 0 unspecified atom stereocenters. The average Bonchev–Trinajstić information content (AvgIpc) is 3.45. The van der Waals surface area contributed by atoms with Crippen molar-refractivity contribution in [2.45, 2.75) is 82.4 Å². The van der Waals surface area contributed by atoms with Crippen molar-refractivity contribution in [3.63, 3.8) is 0 Å². The second kappa shape index (κ2) is 15.1. The van der Waals surface area contributed by atoms with E-state index in [0.29, 0.717) is 56.1 Å². The van der Waals surface area contributed by atoms with Gasteiger partial charge < -0.3 is 29.9 Å². The van der Waals surface area contributed by atoms with Crippen LogP contribution >= 0.6 is 15.9 Å². The van der Waals surface area contributed by atoms with Crippen molar-refractivity contribution >= 4 is 39.6 Å². The van der Waals surface area contributed by atoms with Crippen LogP contribution in [-0.2, 0) is 22.4 Å². The molecule has 1 atom stereocenters. The Morgan fingerprint density at radius 1 is 0.870 bits per heavy atom. The van der Waals surface area contributed by atoms with Gasteiger partial charge in [-0.3, -0.25) is 9.69 Å². The lowest BCUT2D eigenvalue weighted by atomic mass is 10.0. The Bertz CT molecular complexity index is 1380. The summed E-state index contributed by atoms with van der Waals surface area (Å²) < 4.78 is 6.54. The highest BCUT2D eigenvalue weighted by atomic mass is 79.9. The molecule has 248 valence electrons. The topological polar surface area (TPSA) is 106 Å². The van der Waals surface area contributed by atoms with E-state index in [1.807, 2.05) is 34.1 Å². The molecule has 4 aliphatic rings. The van der Waals surface area contributed by atoms with Crippen LogP contribution < -0.4 is 5.32 Å². The van der Waals surface area contributed by atoms with Crippen LogP contribution in [0.25, 0.3) is 0 Å². The van der Waals surface area contributed by atoms with Gasteiger partial charge in [0, 0.05) is 70.0 Å². The fourth-order valence-electron chi connectivity index (χ4n) is 7.50. The number of ether oxygens (including phenoxy) is 1. The molecule has 6 rings (SSSR count). The molecular formula is C35H46BrN5O5. The fourth-order valence-corrected chi connectivity index (χ4v) is 7.93. The molecule has 1 aliphatic carbocycles. The van der Waals surface area contributed by atoms with Crippen molar-refractivity contribution < 1.29 is 24.2 Å². The number of piperazine rings is 1. The lowest BCUT2D eigenvalue weighted by molar-refractivity contribution is -0.143. The number of nitrogens with zero attached hydrogens (tertiary/aromatic N) is 4. The Balaban J connectivity index is 1.07. The molecule has 3 aliphatic heterocycles. The summed E-state index contributed by atoms with van der Waals surface area (Å²) in [5.74, 6) is -0.0585. The Labute approximate surface area is 280 Å². The molecule has 1 saturated carbocycles. The number of phenols is 1. The molecule has 2 aromatic rings. The van der Waals surface area contributed by atoms with Gasteiger partial charge in [0.05, 0.1) is 4.47 Å². The van der Waals surface area contributed by atoms with Gasteiger partial charge in [0.2, 0.25) is 0 Å². The molecule has 10 nitrogen and oxygen atoms in total. The van der Waals surface area contributed by atoms with Gasteiger partial charge in [-0.2, -0.15) is 0 Å². The largest absolute Gasteiger partial charge is 0.507 e. The highest BCUT2D eigenvalue weighted by Gasteiger charge is 2.36. The van der Waals surface area contributed by atoms with Crippen molar-refractivity contribution in [2.24, 2.45) is 0 Å². The molecule has 11 heteroatoms. The number of piperidine rings is 1. The number of fused-ring (bicyclic) bond motifs is 1. The Hall–Kier alpha value is -3.31. The van der Waals surface area contributed by atoms with E-state index in [4.69, 9.17) is 4.74 Å². The number of urea groups is 1. The number of rotatable bonds is 6. The average molecular weight is 697 g/mol. The zero-order valence-electron chi connectivity index (χ0n) is 26.5. The number of hydrogen-bond acceptors (Lipinski definition) is 6. The molecule has 3 heterocycles. The SMILES string of the molecule is O=C(O[C@H](Cc1ccc(O)c(Br)c1)C(=O)N1CCN(C2CCCCCC2)CC1)N1CCC(N2CCc3ccccc3NC2=O)CC1. The van der Waals surface area contributed by atoms with Crippen LogP contribution in [0.2, 0.25) is 0 Å². The van der Waals surface area contributed by atoms with Gasteiger partial charge in [-0.05, 0) is 77.4 Å². The number of phenolic OH excluding ortho intramolecular Hbond substituents is 1. The Morgan fingerprint density at radius 2 is 1.59 bits per heavy atom. The first-order valence-electron chi connectivity index (χ1n) is 17.0. The maximum atomic E-state index is 13.9. The molecule has 3 fully saturated rings. The van der Waals surface area contributed by atoms with Gasteiger partial charge in [0.25, 0.3) is 5.91 Å². The minimum Gasteiger partial charge on any atom is -0.507 e. The molecular weight excluding hydrogens is 650 g/mol. The molecule has 0 spiro atoms. The van der Waals surface area contributed by atoms with Gasteiger partial charge in [0.15, 0.2) is 6.10 Å². The first-order chi connectivity index (χ1) is 22.4. The number of anilines is 1. The van der Waals surface area contributed by atoms with Crippen molar-refractivity contribution in [2.75, 3.05) is 51.1 Å². The number of likely N-dealkylation sites (tertiary alicyclic amines) is 1. The molecule has 2 N–H and O–H groups in total. The molecule has 0 radical (unpaired) electrons. The van der Waals surface area contributed by atoms with E-state index < -0.39 is 12.2 Å². The van der Waals surface area contributed by atoms with Crippen LogP contribution in [0.3, 0.4) is 0 Å². The quantitative estimate of drug-likeness (QED) is 0.380. The highest BCUT2D eigenvalue weighted by Crippen LogP contribution is 2.28. The Kier molecular flexibility index (Phi) is 10.7. The van der Waals surface area contributed by atoms with Crippen LogP contribution in [0.5, 0.6) is 5.75 Å². The third kappa shape index (κ3) is 7.79. The number of amides is 4. The second-order valence-corrected chi connectivity index (χ2v) is 14.0. The smallest absolute Gasteiger partial charge is 0.410 e. The number of para-hydroxylation sites is 1. The van der Waals surface area contributed by atoms with Crippen LogP contribution in [0, 0.1) is 0 Å². The lowest BCUT2D eigenvalue weighted by Gasteiger charge is -2.40. The zero-order valence-corrected chi connectivity index (χ0v) is 28.1. The van der Waals surface area contributed by atoms with Crippen LogP contribution in [0.15, 0.2) is 46.9 Å². The van der Waals surface area contributed by atoms with E-state index in [-0.39, 0.29) is 30.2 Å². The lowest BCUT2D eigenvalue weighted by Crippen LogP contribution is -2.55. The predicted octanol–water partition coefficient (Wildman–Crippen LogP) is 5.62. The summed E-state index contributed by atoms with van der Waals surface area (Å²) in [5.41, 5.74) is 2.78. The molecule has 46 heavy (non-hydrogen) atoms. The van der Waals surface area contributed by atoms with Crippen LogP contribution in [0.4, 0.5) is 15.3 Å². The minimum atomic E-state index is -0.971. The summed E-state index contributed by atoms with van der Waals surface area (Å²) in [6, 6.07) is 13.5. The first-order valence-corrected chi connectivity index (χ1v) is 17.8. The molecule has 0 aromatic heterocycles. The summed E-state index contributed by atoms with van der Waals surface area (Å²) in [7, 11) is 0. The minimum absolute atomic E-state index is 0.0231. The van der Waals surface area contributed by atoms with E-state index in [9.17, 15) is 19.5 Å². The number of halogens is 1. The second-order valence-electron chi connectivity index (χ2n) is 13.1. The summed E-state index contributed by atoms with van der Waals surface area (Å²) in [4.78, 5) is 48.5. The highest BCUT2D eigenvalue weighted by molar-refractivity contribution is 9.10. The first kappa shape index (κ1) is 32.6. The van der Waals surface area contributed by atoms with Gasteiger partial charge in [-0.25, -0.2) is 9.59 Å². The fraction of sp³-hybridized carbons (Fsp3) is 0.571. The van der Waals surface area contributed by atoms with Crippen molar-refractivity contribution in [3.05, 3.63) is 58.1 Å². The molecule has 4 amide bonds. The number of carbonyl (C=O) groups excluding carboxylic acids is 3. The standard InChI is InChI=1S/C35H46BrN5O5/c36-29-23-25(11-12-31(29)42)24-32(33(43)39-21-19-38(20-22-39)27-8-3-1-2-4-9-27)46-35(45)40-16-14-28(15-17-40)41-18-13-26-7-5-6-10-30(26)37-34(41)44/h5-7,10-12,23,27-28,32,42H,1-4,8-9,13-22,24H2,(H,37,44)/t32-/m1/s1. The summed E-state index contributed by atoms with van der Waals surface area (Å²) >= 11 is 3.37. The number of aromatic hydroxyl groups is 1. The third-order valence-corrected chi connectivity index (χ3v) is 10.9. The maximum Gasteiger partial charge on any atom is 0.410 e. The van der Waals surface area contributed by atoms with E-state index in [2.05, 4.69) is 26.1 Å². The normalized spacial score (nSPS) is 21.2. The zero-order chi connectivity index (χ0) is 32.0. The number of benzene rings is 2. The van der Waals surface area contributed by atoms with E-state index in [1.165, 1.54) is 38.5 Å². The van der Waals surface area contributed by atoms with Crippen LogP contribution in [-0.4, -0.2) is 107 Å². The monoisotopic (exact) mass is 695 g/mol. The van der Waals surface area contributed by atoms with Gasteiger partial charge in [-0.15, -0.1) is 0 Å². The molecule has 2 saturated heterocycles. The number of nitrogens with one attached hydrogen (secondary N) is 1.